The van der Waals surface area contributed by atoms with E-state index >= 15 is 0 Å². The molecule has 2 aliphatic carbocycles. The summed E-state index contributed by atoms with van der Waals surface area (Å²) in [6.45, 7) is 9.14. The van der Waals surface area contributed by atoms with Crippen LogP contribution in [0.2, 0.25) is 0 Å². The topological polar surface area (TPSA) is 23.6 Å². The molecule has 24 heavy (non-hydrogen) atoms. The van der Waals surface area contributed by atoms with Crippen molar-refractivity contribution in [3.8, 4) is 0 Å². The molecule has 3 fully saturated rings. The molecule has 2 saturated heterocycles. The van der Waals surface area contributed by atoms with Gasteiger partial charge >= 0.3 is 0 Å². The van der Waals surface area contributed by atoms with E-state index in [0.717, 1.165) is 23.7 Å². The summed E-state index contributed by atoms with van der Waals surface area (Å²) < 4.78 is 1.13. The number of fused-ring (bicyclic) bond motifs is 1. The zero-order chi connectivity index (χ0) is 17.1. The predicted octanol–water partition coefficient (Wildman–Crippen LogP) is 4.44. The van der Waals surface area contributed by atoms with E-state index in [1.807, 2.05) is 0 Å². The van der Waals surface area contributed by atoms with Gasteiger partial charge in [-0.15, -0.1) is 0 Å². The summed E-state index contributed by atoms with van der Waals surface area (Å²) in [5.74, 6) is 0.674. The monoisotopic (exact) mass is 392 g/mol. The molecule has 0 radical (unpaired) electrons. The molecular weight excluding hydrogens is 364 g/mol. The van der Waals surface area contributed by atoms with Gasteiger partial charge in [-0.25, -0.2) is 0 Å². The molecule has 0 aromatic rings. The second-order valence-corrected chi connectivity index (χ2v) is 9.87. The number of rotatable bonds is 2. The molecule has 0 spiro atoms. The average molecular weight is 393 g/mol. The number of amides is 1. The lowest BCUT2D eigenvalue weighted by atomic mass is 9.71. The highest BCUT2D eigenvalue weighted by Crippen LogP contribution is 2.53. The lowest BCUT2D eigenvalue weighted by Gasteiger charge is -2.56. The Morgan fingerprint density at radius 2 is 1.79 bits per heavy atom. The Hall–Kier alpha value is -0.610. The Kier molecular flexibility index (Phi) is 4.00. The molecule has 1 unspecified atom stereocenters. The van der Waals surface area contributed by atoms with E-state index in [1.54, 1.807) is 0 Å². The zero-order valence-electron chi connectivity index (χ0n) is 15.1. The highest BCUT2D eigenvalue weighted by Gasteiger charge is 2.57. The molecule has 0 N–H and O–H groups in total. The fourth-order valence-electron chi connectivity index (χ4n) is 5.34. The molecule has 132 valence electrons. The number of nitrogens with zero attached hydrogens (tertiary/aromatic N) is 2. The van der Waals surface area contributed by atoms with Crippen LogP contribution in [0, 0.1) is 11.3 Å². The fourth-order valence-corrected chi connectivity index (χ4v) is 5.76. The van der Waals surface area contributed by atoms with Crippen LogP contribution in [0.1, 0.15) is 59.3 Å². The first-order valence-electron chi connectivity index (χ1n) is 9.49. The quantitative estimate of drug-likeness (QED) is 0.692. The smallest absolute Gasteiger partial charge is 0.233 e. The van der Waals surface area contributed by atoms with Crippen molar-refractivity contribution in [2.45, 2.75) is 70.9 Å². The van der Waals surface area contributed by atoms with Gasteiger partial charge in [0.2, 0.25) is 5.91 Å². The Morgan fingerprint density at radius 1 is 1.12 bits per heavy atom. The van der Waals surface area contributed by atoms with Crippen molar-refractivity contribution in [3.63, 3.8) is 0 Å². The fraction of sp³-hybridized carbons (Fsp3) is 0.750. The summed E-state index contributed by atoms with van der Waals surface area (Å²) in [5.41, 5.74) is 1.29. The summed E-state index contributed by atoms with van der Waals surface area (Å²) in [4.78, 5) is 18.0. The van der Waals surface area contributed by atoms with Crippen LogP contribution >= 0.6 is 15.9 Å². The Labute approximate surface area is 154 Å². The van der Waals surface area contributed by atoms with Crippen LogP contribution in [0.5, 0.6) is 0 Å². The van der Waals surface area contributed by atoms with E-state index in [0.29, 0.717) is 23.4 Å². The largest absolute Gasteiger partial charge is 0.312 e. The van der Waals surface area contributed by atoms with Crippen molar-refractivity contribution >= 4 is 21.8 Å². The van der Waals surface area contributed by atoms with Crippen LogP contribution in [0.3, 0.4) is 0 Å². The third kappa shape index (κ3) is 2.44. The van der Waals surface area contributed by atoms with Crippen LogP contribution in [-0.4, -0.2) is 40.4 Å². The number of hydrogen-bond donors (Lipinski definition) is 0. The Balaban J connectivity index is 1.54. The van der Waals surface area contributed by atoms with E-state index in [9.17, 15) is 4.79 Å². The molecule has 1 atom stereocenters. The van der Waals surface area contributed by atoms with E-state index in [2.05, 4.69) is 58.7 Å². The lowest BCUT2D eigenvalue weighted by molar-refractivity contribution is -0.141. The minimum atomic E-state index is -0.271. The van der Waals surface area contributed by atoms with Crippen molar-refractivity contribution in [1.29, 1.82) is 0 Å². The maximum Gasteiger partial charge on any atom is 0.233 e. The van der Waals surface area contributed by atoms with Gasteiger partial charge in [-0.2, -0.15) is 0 Å². The van der Waals surface area contributed by atoms with E-state index in [4.69, 9.17) is 0 Å². The first kappa shape index (κ1) is 16.8. The highest BCUT2D eigenvalue weighted by atomic mass is 79.9. The molecule has 1 amide bonds. The first-order chi connectivity index (χ1) is 11.3. The van der Waals surface area contributed by atoms with Gasteiger partial charge in [0.25, 0.3) is 0 Å². The SMILES string of the molecule is CC1(C)C(=O)N(C2CC(C)(N3CCCCC3)C2)C2=CC(Br)=CCC21. The molecule has 4 heteroatoms. The summed E-state index contributed by atoms with van der Waals surface area (Å²) in [7, 11) is 0. The number of hydrogen-bond acceptors (Lipinski definition) is 2. The molecule has 2 aliphatic heterocycles. The molecule has 0 aromatic carbocycles. The number of piperidine rings is 1. The van der Waals surface area contributed by atoms with E-state index < -0.39 is 0 Å². The maximum atomic E-state index is 13.2. The van der Waals surface area contributed by atoms with Crippen molar-refractivity contribution < 1.29 is 4.79 Å². The standard InChI is InChI=1S/C20H29BrN2O/c1-19(2)16-8-7-14(21)11-17(16)23(18(19)24)15-12-20(3,13-15)22-9-5-4-6-10-22/h7,11,15-16H,4-6,8-10,12-13H2,1-3H3. The number of carbonyl (C=O) groups excluding carboxylic acids is 1. The summed E-state index contributed by atoms with van der Waals surface area (Å²) in [6.07, 6.45) is 11.7. The minimum absolute atomic E-state index is 0.271. The Bertz CT molecular complexity index is 609. The van der Waals surface area contributed by atoms with Crippen molar-refractivity contribution in [3.05, 3.63) is 22.3 Å². The molecule has 2 heterocycles. The van der Waals surface area contributed by atoms with Crippen molar-refractivity contribution in [2.75, 3.05) is 13.1 Å². The minimum Gasteiger partial charge on any atom is -0.312 e. The zero-order valence-corrected chi connectivity index (χ0v) is 16.7. The third-order valence-electron chi connectivity index (χ3n) is 6.95. The van der Waals surface area contributed by atoms with Gasteiger partial charge in [-0.05, 0) is 58.2 Å². The molecule has 4 rings (SSSR count). The first-order valence-corrected chi connectivity index (χ1v) is 10.3. The van der Waals surface area contributed by atoms with Gasteiger partial charge < -0.3 is 4.90 Å². The van der Waals surface area contributed by atoms with Gasteiger partial charge in [0.15, 0.2) is 0 Å². The predicted molar refractivity (Wildman–Crippen MR) is 101 cm³/mol. The third-order valence-corrected chi connectivity index (χ3v) is 7.50. The van der Waals surface area contributed by atoms with Crippen molar-refractivity contribution in [2.24, 2.45) is 11.3 Å². The summed E-state index contributed by atoms with van der Waals surface area (Å²) in [5, 5.41) is 0. The molecule has 4 aliphatic rings. The molecular formula is C20H29BrN2O. The number of likely N-dealkylation sites (tertiary alicyclic amines) is 2. The van der Waals surface area contributed by atoms with Crippen molar-refractivity contribution in [1.82, 2.24) is 9.80 Å². The van der Waals surface area contributed by atoms with Crippen LogP contribution < -0.4 is 0 Å². The lowest BCUT2D eigenvalue weighted by Crippen LogP contribution is -2.63. The number of allylic oxidation sites excluding steroid dienone is 4. The second kappa shape index (κ2) is 5.70. The summed E-state index contributed by atoms with van der Waals surface area (Å²) in [6, 6.07) is 0.387. The molecule has 0 aromatic heterocycles. The van der Waals surface area contributed by atoms with Crippen LogP contribution in [-0.2, 0) is 4.79 Å². The van der Waals surface area contributed by atoms with Gasteiger partial charge in [-0.1, -0.05) is 42.3 Å². The molecule has 3 nitrogen and oxygen atoms in total. The average Bonchev–Trinajstić information content (AvgIpc) is 2.72. The Morgan fingerprint density at radius 3 is 2.46 bits per heavy atom. The van der Waals surface area contributed by atoms with Crippen LogP contribution in [0.25, 0.3) is 0 Å². The summed E-state index contributed by atoms with van der Waals surface area (Å²) >= 11 is 3.62. The maximum absolute atomic E-state index is 13.2. The van der Waals surface area contributed by atoms with E-state index in [-0.39, 0.29) is 5.41 Å². The second-order valence-electron chi connectivity index (χ2n) is 8.95. The molecule has 0 bridgehead atoms. The van der Waals surface area contributed by atoms with Crippen LogP contribution in [0.4, 0.5) is 0 Å². The van der Waals surface area contributed by atoms with Gasteiger partial charge in [0.05, 0.1) is 5.41 Å². The van der Waals surface area contributed by atoms with Gasteiger partial charge in [-0.3, -0.25) is 9.69 Å². The normalized spacial score (nSPS) is 39.2. The molecule has 1 saturated carbocycles. The van der Waals surface area contributed by atoms with Gasteiger partial charge in [0.1, 0.15) is 0 Å². The van der Waals surface area contributed by atoms with Gasteiger partial charge in [0, 0.05) is 27.7 Å². The highest BCUT2D eigenvalue weighted by molar-refractivity contribution is 9.11. The van der Waals surface area contributed by atoms with E-state index in [1.165, 1.54) is 38.0 Å². The number of halogens is 1. The van der Waals surface area contributed by atoms with Crippen LogP contribution in [0.15, 0.2) is 22.3 Å². The number of carbonyl (C=O) groups is 1.